The maximum Gasteiger partial charge on any atom is 0.214 e. The van der Waals surface area contributed by atoms with Crippen LogP contribution in [-0.4, -0.2) is 43.3 Å². The second-order valence-electron chi connectivity index (χ2n) is 3.73. The predicted octanol–water partition coefficient (Wildman–Crippen LogP) is 1.21. The van der Waals surface area contributed by atoms with Crippen LogP contribution in [0.2, 0.25) is 0 Å². The molecule has 0 amide bonds. The molecule has 0 radical (unpaired) electrons. The summed E-state index contributed by atoms with van der Waals surface area (Å²) in [6.07, 6.45) is 2.76. The van der Waals surface area contributed by atoms with Crippen molar-refractivity contribution in [3.05, 3.63) is 0 Å². The van der Waals surface area contributed by atoms with Gasteiger partial charge in [0.15, 0.2) is 0 Å². The molecule has 0 rings (SSSR count). The number of rotatable bonds is 8. The minimum absolute atomic E-state index is 0.0597. The minimum Gasteiger partial charge on any atom is -0.396 e. The van der Waals surface area contributed by atoms with Crippen LogP contribution in [0.5, 0.6) is 0 Å². The molecule has 0 aromatic heterocycles. The van der Waals surface area contributed by atoms with Gasteiger partial charge in [0.05, 0.1) is 5.75 Å². The molecular weight excluding hydrogens is 214 g/mol. The number of hydrogen-bond donors (Lipinski definition) is 1. The van der Waals surface area contributed by atoms with Crippen molar-refractivity contribution in [2.45, 2.75) is 45.6 Å². The molecule has 0 atom stereocenters. The quantitative estimate of drug-likeness (QED) is 0.646. The summed E-state index contributed by atoms with van der Waals surface area (Å²) in [6.45, 7) is 4.05. The Kier molecular flexibility index (Phi) is 7.13. The van der Waals surface area contributed by atoms with Crippen LogP contribution in [0.15, 0.2) is 0 Å². The Bertz CT molecular complexity index is 247. The third-order valence-corrected chi connectivity index (χ3v) is 4.69. The third kappa shape index (κ3) is 4.95. The molecule has 1 N–H and O–H groups in total. The molecule has 0 fully saturated rings. The van der Waals surface area contributed by atoms with E-state index >= 15 is 0 Å². The van der Waals surface area contributed by atoms with Crippen molar-refractivity contribution in [2.75, 3.05) is 19.4 Å². The second-order valence-corrected chi connectivity index (χ2v) is 5.88. The van der Waals surface area contributed by atoms with Crippen molar-refractivity contribution in [3.8, 4) is 0 Å². The number of aliphatic hydroxyl groups is 1. The lowest BCUT2D eigenvalue weighted by molar-refractivity contribution is 0.286. The minimum atomic E-state index is -3.13. The van der Waals surface area contributed by atoms with Crippen molar-refractivity contribution >= 4 is 10.0 Å². The van der Waals surface area contributed by atoms with Crippen LogP contribution in [0, 0.1) is 0 Å². The summed E-state index contributed by atoms with van der Waals surface area (Å²) < 4.78 is 25.1. The van der Waals surface area contributed by atoms with Crippen molar-refractivity contribution in [3.63, 3.8) is 0 Å². The normalized spacial score (nSPS) is 12.7. The topological polar surface area (TPSA) is 57.6 Å². The zero-order valence-electron chi connectivity index (χ0n) is 9.94. The smallest absolute Gasteiger partial charge is 0.214 e. The van der Waals surface area contributed by atoms with E-state index in [1.165, 1.54) is 4.31 Å². The molecular formula is C10H23NO3S. The summed E-state index contributed by atoms with van der Waals surface area (Å²) in [5.74, 6) is 0.139. The van der Waals surface area contributed by atoms with E-state index in [4.69, 9.17) is 5.11 Å². The molecule has 15 heavy (non-hydrogen) atoms. The molecule has 0 aliphatic carbocycles. The van der Waals surface area contributed by atoms with Gasteiger partial charge in [0.25, 0.3) is 0 Å². The Morgan fingerprint density at radius 2 is 1.73 bits per heavy atom. The first-order valence-corrected chi connectivity index (χ1v) is 7.17. The Balaban J connectivity index is 4.30. The highest BCUT2D eigenvalue weighted by Gasteiger charge is 2.23. The summed E-state index contributed by atoms with van der Waals surface area (Å²) in [4.78, 5) is 0. The SMILES string of the molecule is CCC(CC)N(C)S(=O)(=O)CCCCO. The van der Waals surface area contributed by atoms with Gasteiger partial charge in [-0.05, 0) is 25.7 Å². The highest BCUT2D eigenvalue weighted by atomic mass is 32.2. The lowest BCUT2D eigenvalue weighted by atomic mass is 10.2. The lowest BCUT2D eigenvalue weighted by Gasteiger charge is -2.25. The zero-order valence-corrected chi connectivity index (χ0v) is 10.8. The van der Waals surface area contributed by atoms with Crippen LogP contribution < -0.4 is 0 Å². The summed E-state index contributed by atoms with van der Waals surface area (Å²) in [5.41, 5.74) is 0. The molecule has 0 saturated heterocycles. The van der Waals surface area contributed by atoms with Crippen LogP contribution in [0.1, 0.15) is 39.5 Å². The molecule has 0 aromatic carbocycles. The number of sulfonamides is 1. The number of unbranched alkanes of at least 4 members (excludes halogenated alkanes) is 1. The largest absolute Gasteiger partial charge is 0.396 e. The fourth-order valence-electron chi connectivity index (χ4n) is 1.57. The molecule has 0 aliphatic rings. The van der Waals surface area contributed by atoms with Gasteiger partial charge in [-0.2, -0.15) is 0 Å². The predicted molar refractivity (Wildman–Crippen MR) is 62.2 cm³/mol. The van der Waals surface area contributed by atoms with Gasteiger partial charge in [-0.1, -0.05) is 13.8 Å². The monoisotopic (exact) mass is 237 g/mol. The standard InChI is InChI=1S/C10H23NO3S/c1-4-10(5-2)11(3)15(13,14)9-7-6-8-12/h10,12H,4-9H2,1-3H3. The third-order valence-electron chi connectivity index (χ3n) is 2.71. The second kappa shape index (κ2) is 7.19. The first-order chi connectivity index (χ1) is 6.99. The van der Waals surface area contributed by atoms with Crippen LogP contribution in [-0.2, 0) is 10.0 Å². The molecule has 0 aromatic rings. The van der Waals surface area contributed by atoms with Gasteiger partial charge in [-0.15, -0.1) is 0 Å². The Morgan fingerprint density at radius 3 is 2.13 bits per heavy atom. The molecule has 0 heterocycles. The molecule has 92 valence electrons. The Hall–Kier alpha value is -0.130. The van der Waals surface area contributed by atoms with Crippen molar-refractivity contribution in [1.29, 1.82) is 0 Å². The maximum atomic E-state index is 11.8. The molecule has 0 aliphatic heterocycles. The first kappa shape index (κ1) is 14.9. The first-order valence-electron chi connectivity index (χ1n) is 5.56. The molecule has 0 saturated carbocycles. The van der Waals surface area contributed by atoms with E-state index < -0.39 is 10.0 Å². The van der Waals surface area contributed by atoms with Gasteiger partial charge in [0.2, 0.25) is 10.0 Å². The maximum absolute atomic E-state index is 11.8. The fourth-order valence-corrected chi connectivity index (χ4v) is 3.18. The summed E-state index contributed by atoms with van der Waals surface area (Å²) in [6, 6.07) is 0.101. The molecule has 0 spiro atoms. The lowest BCUT2D eigenvalue weighted by Crippen LogP contribution is -2.37. The highest BCUT2D eigenvalue weighted by molar-refractivity contribution is 7.89. The van der Waals surface area contributed by atoms with E-state index in [1.54, 1.807) is 7.05 Å². The molecule has 0 unspecified atom stereocenters. The summed E-state index contributed by atoms with van der Waals surface area (Å²) >= 11 is 0. The van der Waals surface area contributed by atoms with Gasteiger partial charge < -0.3 is 5.11 Å². The van der Waals surface area contributed by atoms with Gasteiger partial charge in [-0.3, -0.25) is 0 Å². The number of aliphatic hydroxyl groups excluding tert-OH is 1. The zero-order chi connectivity index (χ0) is 11.9. The van der Waals surface area contributed by atoms with Crippen LogP contribution in [0.4, 0.5) is 0 Å². The van der Waals surface area contributed by atoms with Crippen molar-refractivity contribution in [2.24, 2.45) is 0 Å². The van der Waals surface area contributed by atoms with E-state index in [9.17, 15) is 8.42 Å². The summed E-state index contributed by atoms with van der Waals surface area (Å²) in [5, 5.41) is 8.59. The Labute approximate surface area is 93.3 Å². The van der Waals surface area contributed by atoms with Crippen LogP contribution >= 0.6 is 0 Å². The van der Waals surface area contributed by atoms with E-state index in [1.807, 2.05) is 13.8 Å². The molecule has 5 heteroatoms. The van der Waals surface area contributed by atoms with E-state index in [0.29, 0.717) is 12.8 Å². The molecule has 4 nitrogen and oxygen atoms in total. The van der Waals surface area contributed by atoms with Crippen molar-refractivity contribution in [1.82, 2.24) is 4.31 Å². The Morgan fingerprint density at radius 1 is 1.20 bits per heavy atom. The summed E-state index contributed by atoms with van der Waals surface area (Å²) in [7, 11) is -1.49. The molecule has 0 bridgehead atoms. The number of hydrogen-bond acceptors (Lipinski definition) is 3. The average molecular weight is 237 g/mol. The highest BCUT2D eigenvalue weighted by Crippen LogP contribution is 2.12. The van der Waals surface area contributed by atoms with Gasteiger partial charge in [-0.25, -0.2) is 12.7 Å². The van der Waals surface area contributed by atoms with Crippen molar-refractivity contribution < 1.29 is 13.5 Å². The van der Waals surface area contributed by atoms with E-state index in [0.717, 1.165) is 12.8 Å². The van der Waals surface area contributed by atoms with Crippen LogP contribution in [0.25, 0.3) is 0 Å². The van der Waals surface area contributed by atoms with Gasteiger partial charge >= 0.3 is 0 Å². The number of nitrogens with zero attached hydrogens (tertiary/aromatic N) is 1. The van der Waals surface area contributed by atoms with E-state index in [2.05, 4.69) is 0 Å². The van der Waals surface area contributed by atoms with E-state index in [-0.39, 0.29) is 18.4 Å². The average Bonchev–Trinajstić information content (AvgIpc) is 2.19. The van der Waals surface area contributed by atoms with Gasteiger partial charge in [0, 0.05) is 19.7 Å². The van der Waals surface area contributed by atoms with Gasteiger partial charge in [0.1, 0.15) is 0 Å². The fraction of sp³-hybridized carbons (Fsp3) is 1.00. The van der Waals surface area contributed by atoms with Crippen LogP contribution in [0.3, 0.4) is 0 Å².